The second-order valence-electron chi connectivity index (χ2n) is 7.26. The molecule has 1 atom stereocenters. The molecule has 0 aromatic carbocycles. The van der Waals surface area contributed by atoms with E-state index >= 15 is 0 Å². The van der Waals surface area contributed by atoms with Crippen LogP contribution in [0.5, 0.6) is 0 Å². The monoisotopic (exact) mass is 267 g/mol. The van der Waals surface area contributed by atoms with E-state index in [1.165, 1.54) is 25.7 Å². The average Bonchev–Trinajstić information content (AvgIpc) is 2.80. The fourth-order valence-electron chi connectivity index (χ4n) is 3.31. The highest BCUT2D eigenvalue weighted by molar-refractivity contribution is 5.83. The van der Waals surface area contributed by atoms with Crippen LogP contribution in [0.1, 0.15) is 39.5 Å². The molecule has 0 aromatic rings. The maximum Gasteiger partial charge on any atom is 0.241 e. The third-order valence-corrected chi connectivity index (χ3v) is 4.32. The third kappa shape index (κ3) is 3.69. The van der Waals surface area contributed by atoms with Crippen molar-refractivity contribution in [3.05, 3.63) is 0 Å². The van der Waals surface area contributed by atoms with Gasteiger partial charge in [-0.3, -0.25) is 4.79 Å². The molecule has 4 nitrogen and oxygen atoms in total. The molecule has 0 spiro atoms. The summed E-state index contributed by atoms with van der Waals surface area (Å²) in [6, 6.07) is 0.439. The largest absolute Gasteiger partial charge is 0.338 e. The molecule has 2 rings (SSSR count). The molecule has 1 unspecified atom stereocenters. The summed E-state index contributed by atoms with van der Waals surface area (Å²) in [7, 11) is 4.07. The lowest BCUT2D eigenvalue weighted by atomic mass is 9.92. The van der Waals surface area contributed by atoms with E-state index in [1.54, 1.807) is 0 Å². The zero-order chi connectivity index (χ0) is 14.0. The van der Waals surface area contributed by atoms with E-state index in [9.17, 15) is 4.79 Å². The highest BCUT2D eigenvalue weighted by Crippen LogP contribution is 2.29. The molecule has 1 heterocycles. The normalized spacial score (nSPS) is 29.0. The fraction of sp³-hybridized carbons (Fsp3) is 0.933. The number of carbonyl (C=O) groups is 1. The molecule has 19 heavy (non-hydrogen) atoms. The Labute approximate surface area is 117 Å². The number of amides is 1. The van der Waals surface area contributed by atoms with E-state index < -0.39 is 0 Å². The summed E-state index contributed by atoms with van der Waals surface area (Å²) in [4.78, 5) is 17.1. The van der Waals surface area contributed by atoms with Crippen molar-refractivity contribution in [2.24, 2.45) is 5.41 Å². The first-order chi connectivity index (χ1) is 8.89. The van der Waals surface area contributed by atoms with Crippen molar-refractivity contribution in [2.75, 3.05) is 33.7 Å². The molecule has 1 amide bonds. The van der Waals surface area contributed by atoms with Crippen LogP contribution in [0.4, 0.5) is 0 Å². The standard InChI is InChI=1S/C15H29N3O/c1-15(2)10-16-13(9-17(3)4)14(19)18(11-15)12-7-5-6-8-12/h12-13,16H,5-11H2,1-4H3. The van der Waals surface area contributed by atoms with Gasteiger partial charge in [-0.2, -0.15) is 0 Å². The zero-order valence-corrected chi connectivity index (χ0v) is 12.9. The number of likely N-dealkylation sites (N-methyl/N-ethyl adjacent to an activating group) is 1. The summed E-state index contributed by atoms with van der Waals surface area (Å²) in [5.74, 6) is 0.311. The Hall–Kier alpha value is -0.610. The summed E-state index contributed by atoms with van der Waals surface area (Å²) < 4.78 is 0. The van der Waals surface area contributed by atoms with Crippen molar-refractivity contribution in [1.82, 2.24) is 15.1 Å². The van der Waals surface area contributed by atoms with Gasteiger partial charge in [0.1, 0.15) is 0 Å². The van der Waals surface area contributed by atoms with Gasteiger partial charge >= 0.3 is 0 Å². The molecular formula is C15H29N3O. The van der Waals surface area contributed by atoms with E-state index in [4.69, 9.17) is 0 Å². The number of hydrogen-bond acceptors (Lipinski definition) is 3. The summed E-state index contributed by atoms with van der Waals surface area (Å²) in [5.41, 5.74) is 0.166. The molecule has 1 saturated heterocycles. The van der Waals surface area contributed by atoms with E-state index in [0.717, 1.165) is 19.6 Å². The minimum atomic E-state index is -0.0441. The van der Waals surface area contributed by atoms with Crippen LogP contribution < -0.4 is 5.32 Å². The van der Waals surface area contributed by atoms with Crippen LogP contribution in [-0.2, 0) is 4.79 Å². The molecule has 1 saturated carbocycles. The molecule has 0 bridgehead atoms. The SMILES string of the molecule is CN(C)CC1NCC(C)(C)CN(C2CCCC2)C1=O. The van der Waals surface area contributed by atoms with Gasteiger partial charge < -0.3 is 15.1 Å². The third-order valence-electron chi connectivity index (χ3n) is 4.32. The molecule has 2 fully saturated rings. The number of rotatable bonds is 3. The maximum absolute atomic E-state index is 12.8. The van der Waals surface area contributed by atoms with Gasteiger partial charge in [0.2, 0.25) is 5.91 Å². The van der Waals surface area contributed by atoms with Crippen molar-refractivity contribution < 1.29 is 4.79 Å². The number of hydrogen-bond donors (Lipinski definition) is 1. The second-order valence-corrected chi connectivity index (χ2v) is 7.26. The first kappa shape index (κ1) is 14.8. The Balaban J connectivity index is 2.14. The molecule has 0 aromatic heterocycles. The van der Waals surface area contributed by atoms with Gasteiger partial charge in [0.25, 0.3) is 0 Å². The predicted octanol–water partition coefficient (Wildman–Crippen LogP) is 1.32. The lowest BCUT2D eigenvalue weighted by Gasteiger charge is -2.34. The lowest BCUT2D eigenvalue weighted by Crippen LogP contribution is -2.51. The van der Waals surface area contributed by atoms with Gasteiger partial charge in [0, 0.05) is 25.7 Å². The topological polar surface area (TPSA) is 35.6 Å². The van der Waals surface area contributed by atoms with E-state index in [0.29, 0.717) is 11.9 Å². The van der Waals surface area contributed by atoms with Crippen molar-refractivity contribution in [2.45, 2.75) is 51.6 Å². The first-order valence-electron chi connectivity index (χ1n) is 7.58. The minimum Gasteiger partial charge on any atom is -0.338 e. The van der Waals surface area contributed by atoms with Gasteiger partial charge in [-0.25, -0.2) is 0 Å². The van der Waals surface area contributed by atoms with Crippen LogP contribution in [0.25, 0.3) is 0 Å². The molecule has 2 aliphatic rings. The molecule has 110 valence electrons. The maximum atomic E-state index is 12.8. The van der Waals surface area contributed by atoms with Gasteiger partial charge in [-0.1, -0.05) is 26.7 Å². The Kier molecular flexibility index (Phi) is 4.51. The van der Waals surface area contributed by atoms with Gasteiger partial charge in [0.05, 0.1) is 6.04 Å². The van der Waals surface area contributed by atoms with Crippen molar-refractivity contribution >= 4 is 5.91 Å². The number of nitrogens with zero attached hydrogens (tertiary/aromatic N) is 2. The van der Waals surface area contributed by atoms with Crippen LogP contribution in [0.2, 0.25) is 0 Å². The van der Waals surface area contributed by atoms with Gasteiger partial charge in [-0.05, 0) is 32.4 Å². The minimum absolute atomic E-state index is 0.0441. The van der Waals surface area contributed by atoms with E-state index in [2.05, 4.69) is 29.0 Å². The van der Waals surface area contributed by atoms with E-state index in [-0.39, 0.29) is 11.5 Å². The quantitative estimate of drug-likeness (QED) is 0.837. The van der Waals surface area contributed by atoms with Crippen molar-refractivity contribution in [3.8, 4) is 0 Å². The summed E-state index contributed by atoms with van der Waals surface area (Å²) in [6.07, 6.45) is 4.94. The zero-order valence-electron chi connectivity index (χ0n) is 12.9. The fourth-order valence-corrected chi connectivity index (χ4v) is 3.31. The van der Waals surface area contributed by atoms with Gasteiger partial charge in [0.15, 0.2) is 0 Å². The van der Waals surface area contributed by atoms with Crippen LogP contribution in [-0.4, -0.2) is 61.5 Å². The number of carbonyl (C=O) groups excluding carboxylic acids is 1. The first-order valence-corrected chi connectivity index (χ1v) is 7.58. The van der Waals surface area contributed by atoms with Crippen LogP contribution in [0.15, 0.2) is 0 Å². The van der Waals surface area contributed by atoms with Crippen LogP contribution in [0.3, 0.4) is 0 Å². The summed E-state index contributed by atoms with van der Waals surface area (Å²) in [5, 5.41) is 3.47. The Bertz CT molecular complexity index is 321. The summed E-state index contributed by atoms with van der Waals surface area (Å²) >= 11 is 0. The summed E-state index contributed by atoms with van der Waals surface area (Å²) in [6.45, 7) is 7.12. The molecule has 4 heteroatoms. The van der Waals surface area contributed by atoms with E-state index in [1.807, 2.05) is 14.1 Å². The molecular weight excluding hydrogens is 238 g/mol. The van der Waals surface area contributed by atoms with Crippen molar-refractivity contribution in [3.63, 3.8) is 0 Å². The lowest BCUT2D eigenvalue weighted by molar-refractivity contribution is -0.136. The number of nitrogens with one attached hydrogen (secondary N) is 1. The highest BCUT2D eigenvalue weighted by atomic mass is 16.2. The van der Waals surface area contributed by atoms with Crippen LogP contribution >= 0.6 is 0 Å². The molecule has 1 aliphatic heterocycles. The average molecular weight is 267 g/mol. The molecule has 1 aliphatic carbocycles. The molecule has 0 radical (unpaired) electrons. The molecule has 1 N–H and O–H groups in total. The Morgan fingerprint density at radius 3 is 2.53 bits per heavy atom. The predicted molar refractivity (Wildman–Crippen MR) is 78.1 cm³/mol. The van der Waals surface area contributed by atoms with Gasteiger partial charge in [-0.15, -0.1) is 0 Å². The van der Waals surface area contributed by atoms with Crippen LogP contribution in [0, 0.1) is 5.41 Å². The highest BCUT2D eigenvalue weighted by Gasteiger charge is 2.38. The second kappa shape index (κ2) is 5.80. The Morgan fingerprint density at radius 2 is 1.95 bits per heavy atom. The smallest absolute Gasteiger partial charge is 0.241 e. The Morgan fingerprint density at radius 1 is 1.32 bits per heavy atom. The van der Waals surface area contributed by atoms with Crippen molar-refractivity contribution in [1.29, 1.82) is 0 Å².